The van der Waals surface area contributed by atoms with Crippen LogP contribution in [0.1, 0.15) is 52.1 Å². The molecule has 1 aromatic rings. The molecule has 0 unspecified atom stereocenters. The Hall–Kier alpha value is -0.590. The zero-order valence-electron chi connectivity index (χ0n) is 17.2. The molecule has 28 heavy (non-hydrogen) atoms. The van der Waals surface area contributed by atoms with Crippen molar-refractivity contribution in [2.45, 2.75) is 51.3 Å². The second-order valence-corrected chi connectivity index (χ2v) is 10.7. The molecule has 0 amide bonds. The van der Waals surface area contributed by atoms with E-state index in [0.717, 1.165) is 31.5 Å². The van der Waals surface area contributed by atoms with Crippen LogP contribution in [0, 0.1) is 11.8 Å². The maximum Gasteiger partial charge on any atom is 0.126 e. The summed E-state index contributed by atoms with van der Waals surface area (Å²) in [5.74, 6) is 1.36. The number of halogens is 2. The molecule has 0 spiro atoms. The van der Waals surface area contributed by atoms with Crippen molar-refractivity contribution in [1.82, 2.24) is 10.0 Å². The summed E-state index contributed by atoms with van der Waals surface area (Å²) in [6.07, 6.45) is 3.48. The molecule has 1 aliphatic rings. The predicted molar refractivity (Wildman–Crippen MR) is 121 cm³/mol. The Labute approximate surface area is 182 Å². The average molecular weight is 447 g/mol. The minimum absolute atomic E-state index is 0.154. The van der Waals surface area contributed by atoms with Gasteiger partial charge in [0, 0.05) is 11.6 Å². The van der Waals surface area contributed by atoms with Crippen molar-refractivity contribution in [2.75, 3.05) is 19.7 Å². The van der Waals surface area contributed by atoms with Gasteiger partial charge in [0.2, 0.25) is 0 Å². The number of hydrogen-bond donors (Lipinski definition) is 2. The van der Waals surface area contributed by atoms with E-state index in [9.17, 15) is 4.21 Å². The van der Waals surface area contributed by atoms with Crippen molar-refractivity contribution in [1.29, 1.82) is 0 Å². The lowest BCUT2D eigenvalue weighted by Gasteiger charge is -2.38. The van der Waals surface area contributed by atoms with Crippen molar-refractivity contribution in [3.8, 4) is 5.75 Å². The first-order valence-electron chi connectivity index (χ1n) is 9.82. The summed E-state index contributed by atoms with van der Waals surface area (Å²) < 4.78 is 22.2. The van der Waals surface area contributed by atoms with E-state index in [1.165, 1.54) is 0 Å². The van der Waals surface area contributed by atoms with Crippen LogP contribution >= 0.6 is 23.2 Å². The van der Waals surface area contributed by atoms with Crippen molar-refractivity contribution in [3.63, 3.8) is 0 Å². The van der Waals surface area contributed by atoms with Crippen LogP contribution < -0.4 is 14.8 Å². The minimum atomic E-state index is -1.23. The zero-order chi connectivity index (χ0) is 20.9. The molecule has 0 aromatic heterocycles. The normalized spacial score (nSPS) is 22.5. The van der Waals surface area contributed by atoms with Crippen LogP contribution in [-0.2, 0) is 11.0 Å². The van der Waals surface area contributed by atoms with Gasteiger partial charge in [0.15, 0.2) is 0 Å². The molecule has 0 aliphatic carbocycles. The summed E-state index contributed by atoms with van der Waals surface area (Å²) in [7, 11) is -1.23. The molecule has 158 valence electrons. The number of hydrogen-bond acceptors (Lipinski definition) is 3. The van der Waals surface area contributed by atoms with Crippen LogP contribution in [-0.4, -0.2) is 28.7 Å². The highest BCUT2D eigenvalue weighted by Gasteiger charge is 2.36. The van der Waals surface area contributed by atoms with E-state index in [2.05, 4.69) is 30.5 Å². The van der Waals surface area contributed by atoms with Gasteiger partial charge in [0.05, 0.1) is 31.8 Å². The number of rotatable bonds is 9. The molecular weight excluding hydrogens is 415 g/mol. The highest BCUT2D eigenvalue weighted by molar-refractivity contribution is 7.84. The Bertz CT molecular complexity index is 712. The maximum atomic E-state index is 13.2. The summed E-state index contributed by atoms with van der Waals surface area (Å²) in [5.41, 5.74) is 0.898. The van der Waals surface area contributed by atoms with Crippen LogP contribution in [0.3, 0.4) is 0 Å². The van der Waals surface area contributed by atoms with Crippen molar-refractivity contribution in [3.05, 3.63) is 40.4 Å². The van der Waals surface area contributed by atoms with E-state index in [4.69, 9.17) is 27.9 Å². The summed E-state index contributed by atoms with van der Waals surface area (Å²) in [5, 5.41) is 4.35. The van der Waals surface area contributed by atoms with Gasteiger partial charge in [-0.2, -0.15) is 0 Å². The molecule has 0 bridgehead atoms. The van der Waals surface area contributed by atoms with Crippen LogP contribution in [0.5, 0.6) is 5.75 Å². The molecule has 1 fully saturated rings. The van der Waals surface area contributed by atoms with Crippen LogP contribution in [0.4, 0.5) is 0 Å². The SMILES string of the molecule is C=CCOc1cc(Cl)c(Cl)cc1[C@H](N[S@@](=O)C(C)(C)CC)[C@H]1CCNC[C@H]1C. The fraction of sp³-hybridized carbons (Fsp3) is 0.619. The molecule has 4 atom stereocenters. The standard InChI is InChI=1S/C21H32Cl2N2O2S/c1-6-10-27-19-12-18(23)17(22)11-16(19)20(15-8-9-24-13-14(15)3)25-28(26)21(4,5)7-2/h6,11-12,14-15,20,24-25H,1,7-10,13H2,2-5H3/t14-,15+,20-,28+/m1/s1. The van der Waals surface area contributed by atoms with Gasteiger partial charge >= 0.3 is 0 Å². The van der Waals surface area contributed by atoms with Crippen molar-refractivity contribution >= 4 is 34.2 Å². The quantitative estimate of drug-likeness (QED) is 0.506. The molecule has 1 aromatic carbocycles. The Morgan fingerprint density at radius 3 is 2.71 bits per heavy atom. The van der Waals surface area contributed by atoms with E-state index in [0.29, 0.717) is 34.2 Å². The predicted octanol–water partition coefficient (Wildman–Crippen LogP) is 5.29. The smallest absolute Gasteiger partial charge is 0.126 e. The van der Waals surface area contributed by atoms with Gasteiger partial charge < -0.3 is 10.1 Å². The van der Waals surface area contributed by atoms with Crippen LogP contribution in [0.2, 0.25) is 10.0 Å². The van der Waals surface area contributed by atoms with Crippen LogP contribution in [0.25, 0.3) is 0 Å². The minimum Gasteiger partial charge on any atom is -0.489 e. The largest absolute Gasteiger partial charge is 0.489 e. The van der Waals surface area contributed by atoms with E-state index in [1.54, 1.807) is 12.1 Å². The third kappa shape index (κ3) is 5.73. The van der Waals surface area contributed by atoms with Crippen LogP contribution in [0.15, 0.2) is 24.8 Å². The topological polar surface area (TPSA) is 50.4 Å². The highest BCUT2D eigenvalue weighted by atomic mass is 35.5. The Balaban J connectivity index is 2.50. The fourth-order valence-corrected chi connectivity index (χ4v) is 4.82. The van der Waals surface area contributed by atoms with Gasteiger partial charge in [-0.25, -0.2) is 8.93 Å². The second-order valence-electron chi connectivity index (χ2n) is 8.02. The molecule has 0 saturated carbocycles. The lowest BCUT2D eigenvalue weighted by molar-refractivity contribution is 0.220. The van der Waals surface area contributed by atoms with Gasteiger partial charge in [-0.1, -0.05) is 49.7 Å². The molecule has 0 radical (unpaired) electrons. The number of benzene rings is 1. The summed E-state index contributed by atoms with van der Waals surface area (Å²) in [6, 6.07) is 3.44. The molecule has 1 aliphatic heterocycles. The molecule has 2 N–H and O–H groups in total. The molecule has 7 heteroatoms. The number of nitrogens with one attached hydrogen (secondary N) is 2. The molecule has 1 heterocycles. The van der Waals surface area contributed by atoms with Crippen molar-refractivity contribution < 1.29 is 8.95 Å². The Morgan fingerprint density at radius 1 is 1.43 bits per heavy atom. The maximum absolute atomic E-state index is 13.2. The Morgan fingerprint density at radius 2 is 2.11 bits per heavy atom. The lowest BCUT2D eigenvalue weighted by Crippen LogP contribution is -2.45. The third-order valence-electron chi connectivity index (χ3n) is 5.61. The first kappa shape index (κ1) is 23.7. The number of piperidine rings is 1. The lowest BCUT2D eigenvalue weighted by atomic mass is 9.79. The summed E-state index contributed by atoms with van der Waals surface area (Å²) in [4.78, 5) is 0. The zero-order valence-corrected chi connectivity index (χ0v) is 19.5. The van der Waals surface area contributed by atoms with Gasteiger partial charge in [-0.15, -0.1) is 0 Å². The molecular formula is C21H32Cl2N2O2S. The van der Waals surface area contributed by atoms with E-state index >= 15 is 0 Å². The van der Waals surface area contributed by atoms with E-state index < -0.39 is 11.0 Å². The molecule has 1 saturated heterocycles. The number of ether oxygens (including phenoxy) is 1. The first-order chi connectivity index (χ1) is 13.2. The molecule has 2 rings (SSSR count). The third-order valence-corrected chi connectivity index (χ3v) is 8.09. The van der Waals surface area contributed by atoms with E-state index in [1.807, 2.05) is 19.9 Å². The van der Waals surface area contributed by atoms with Gasteiger partial charge in [0.1, 0.15) is 12.4 Å². The monoisotopic (exact) mass is 446 g/mol. The van der Waals surface area contributed by atoms with Gasteiger partial charge in [-0.3, -0.25) is 0 Å². The average Bonchev–Trinajstić information content (AvgIpc) is 2.67. The van der Waals surface area contributed by atoms with Gasteiger partial charge in [0.25, 0.3) is 0 Å². The van der Waals surface area contributed by atoms with E-state index in [-0.39, 0.29) is 10.8 Å². The second kappa shape index (κ2) is 10.4. The molecule has 4 nitrogen and oxygen atoms in total. The highest BCUT2D eigenvalue weighted by Crippen LogP contribution is 2.41. The first-order valence-corrected chi connectivity index (χ1v) is 11.7. The Kier molecular flexibility index (Phi) is 8.83. The fourth-order valence-electron chi connectivity index (χ4n) is 3.38. The van der Waals surface area contributed by atoms with Crippen molar-refractivity contribution in [2.24, 2.45) is 11.8 Å². The summed E-state index contributed by atoms with van der Waals surface area (Å²) in [6.45, 7) is 14.3. The van der Waals surface area contributed by atoms with Gasteiger partial charge in [-0.05, 0) is 57.7 Å². The summed E-state index contributed by atoms with van der Waals surface area (Å²) >= 11 is 12.6.